The highest BCUT2D eigenvalue weighted by Gasteiger charge is 2.26. The summed E-state index contributed by atoms with van der Waals surface area (Å²) in [5.41, 5.74) is 0.880. The lowest BCUT2D eigenvalue weighted by atomic mass is 9.90. The Kier molecular flexibility index (Phi) is 7.24. The van der Waals surface area contributed by atoms with Gasteiger partial charge >= 0.3 is 0 Å². The number of carbonyl (C=O) groups excluding carboxylic acids is 2. The predicted octanol–water partition coefficient (Wildman–Crippen LogP) is 4.64. The number of carbonyl (C=O) groups is 2. The molecule has 1 fully saturated rings. The molecule has 1 aliphatic rings. The molecule has 0 atom stereocenters. The Balaban J connectivity index is 1.35. The second kappa shape index (κ2) is 10.5. The Hall–Kier alpha value is -4.01. The van der Waals surface area contributed by atoms with Crippen molar-refractivity contribution in [1.29, 1.82) is 0 Å². The van der Waals surface area contributed by atoms with Gasteiger partial charge in [0.05, 0.1) is 6.20 Å². The summed E-state index contributed by atoms with van der Waals surface area (Å²) in [6.45, 7) is 1.69. The van der Waals surface area contributed by atoms with Crippen LogP contribution < -0.4 is 15.4 Å². The zero-order valence-electron chi connectivity index (χ0n) is 19.1. The number of amides is 2. The standard InChI is InChI=1S/C26H25F2N3O4/c1-15-21(3-2-4-23(15)32)24(33)30-18-7-9-19(10-8-18)31-25(34)22-13-17(28)14-29-26(22)35-20-11-5-16(27)6-12-20/h2-6,11-14,18-19,32H,7-10H2,1H3,(H,30,33)(H,31,34). The van der Waals surface area contributed by atoms with Gasteiger partial charge in [-0.1, -0.05) is 6.07 Å². The van der Waals surface area contributed by atoms with Crippen molar-refractivity contribution in [3.63, 3.8) is 0 Å². The van der Waals surface area contributed by atoms with Crippen molar-refractivity contribution in [2.24, 2.45) is 0 Å². The highest BCUT2D eigenvalue weighted by Crippen LogP contribution is 2.26. The molecule has 3 aromatic rings. The molecule has 1 aliphatic carbocycles. The van der Waals surface area contributed by atoms with Gasteiger partial charge in [0.15, 0.2) is 0 Å². The first-order valence-electron chi connectivity index (χ1n) is 11.3. The normalized spacial score (nSPS) is 17.5. The second-order valence-electron chi connectivity index (χ2n) is 8.51. The van der Waals surface area contributed by atoms with E-state index in [1.165, 1.54) is 30.3 Å². The molecule has 0 unspecified atom stereocenters. The number of nitrogens with one attached hydrogen (secondary N) is 2. The molecule has 1 aromatic heterocycles. The number of pyridine rings is 1. The van der Waals surface area contributed by atoms with Gasteiger partial charge in [0.25, 0.3) is 11.8 Å². The number of hydrogen-bond acceptors (Lipinski definition) is 5. The van der Waals surface area contributed by atoms with E-state index in [4.69, 9.17) is 4.74 Å². The fraction of sp³-hybridized carbons (Fsp3) is 0.269. The lowest BCUT2D eigenvalue weighted by Crippen LogP contribution is -2.44. The van der Waals surface area contributed by atoms with Crippen LogP contribution in [0.5, 0.6) is 17.4 Å². The minimum Gasteiger partial charge on any atom is -0.508 e. The first-order valence-corrected chi connectivity index (χ1v) is 11.3. The smallest absolute Gasteiger partial charge is 0.257 e. The Labute approximate surface area is 201 Å². The Bertz CT molecular complexity index is 1230. The monoisotopic (exact) mass is 481 g/mol. The summed E-state index contributed by atoms with van der Waals surface area (Å²) in [6, 6.07) is 10.8. The molecule has 1 heterocycles. The molecule has 35 heavy (non-hydrogen) atoms. The topological polar surface area (TPSA) is 101 Å². The fourth-order valence-corrected chi connectivity index (χ4v) is 4.06. The van der Waals surface area contributed by atoms with Gasteiger partial charge in [0, 0.05) is 23.2 Å². The minimum absolute atomic E-state index is 0.0643. The van der Waals surface area contributed by atoms with E-state index in [9.17, 15) is 23.5 Å². The van der Waals surface area contributed by atoms with Crippen LogP contribution in [-0.2, 0) is 0 Å². The van der Waals surface area contributed by atoms with Gasteiger partial charge in [0.1, 0.15) is 28.7 Å². The highest BCUT2D eigenvalue weighted by atomic mass is 19.1. The van der Waals surface area contributed by atoms with E-state index < -0.39 is 17.5 Å². The Morgan fingerprint density at radius 1 is 0.914 bits per heavy atom. The van der Waals surface area contributed by atoms with E-state index in [1.54, 1.807) is 19.1 Å². The molecule has 2 aromatic carbocycles. The number of aromatic nitrogens is 1. The van der Waals surface area contributed by atoms with Crippen molar-refractivity contribution in [3.05, 3.63) is 83.1 Å². The molecule has 0 bridgehead atoms. The summed E-state index contributed by atoms with van der Waals surface area (Å²) >= 11 is 0. The number of benzene rings is 2. The highest BCUT2D eigenvalue weighted by molar-refractivity contribution is 5.97. The van der Waals surface area contributed by atoms with E-state index in [1.807, 2.05) is 0 Å². The minimum atomic E-state index is -0.685. The average Bonchev–Trinajstić information content (AvgIpc) is 2.84. The molecule has 1 saturated carbocycles. The van der Waals surface area contributed by atoms with Crippen LogP contribution in [0.3, 0.4) is 0 Å². The SMILES string of the molecule is Cc1c(O)cccc1C(=O)NC1CCC(NC(=O)c2cc(F)cnc2Oc2ccc(F)cc2)CC1. The molecular weight excluding hydrogens is 456 g/mol. The van der Waals surface area contributed by atoms with Crippen LogP contribution in [-0.4, -0.2) is 34.0 Å². The number of aromatic hydroxyl groups is 1. The lowest BCUT2D eigenvalue weighted by Gasteiger charge is -2.30. The maximum absolute atomic E-state index is 13.8. The van der Waals surface area contributed by atoms with Crippen molar-refractivity contribution >= 4 is 11.8 Å². The first-order chi connectivity index (χ1) is 16.8. The van der Waals surface area contributed by atoms with E-state index >= 15 is 0 Å². The third-order valence-electron chi connectivity index (χ3n) is 6.04. The predicted molar refractivity (Wildman–Crippen MR) is 124 cm³/mol. The third-order valence-corrected chi connectivity index (χ3v) is 6.04. The van der Waals surface area contributed by atoms with Crippen molar-refractivity contribution < 1.29 is 28.2 Å². The molecule has 0 spiro atoms. The van der Waals surface area contributed by atoms with E-state index in [0.29, 0.717) is 36.8 Å². The molecule has 4 rings (SSSR count). The molecule has 0 radical (unpaired) electrons. The zero-order chi connectivity index (χ0) is 24.9. The Morgan fingerprint density at radius 3 is 2.14 bits per heavy atom. The van der Waals surface area contributed by atoms with Crippen LogP contribution in [0.15, 0.2) is 54.7 Å². The van der Waals surface area contributed by atoms with Crippen molar-refractivity contribution in [2.75, 3.05) is 0 Å². The largest absolute Gasteiger partial charge is 0.508 e. The number of phenolic OH excluding ortho intramolecular Hbond substituents is 1. The summed E-state index contributed by atoms with van der Waals surface area (Å²) in [7, 11) is 0. The molecule has 3 N–H and O–H groups in total. The van der Waals surface area contributed by atoms with Gasteiger partial charge < -0.3 is 20.5 Å². The first kappa shape index (κ1) is 24.1. The zero-order valence-corrected chi connectivity index (χ0v) is 19.1. The molecule has 7 nitrogen and oxygen atoms in total. The van der Waals surface area contributed by atoms with Crippen LogP contribution in [0.2, 0.25) is 0 Å². The van der Waals surface area contributed by atoms with Gasteiger partial charge in [-0.15, -0.1) is 0 Å². The summed E-state index contributed by atoms with van der Waals surface area (Å²) in [6.07, 6.45) is 3.47. The maximum Gasteiger partial charge on any atom is 0.257 e. The summed E-state index contributed by atoms with van der Waals surface area (Å²) in [5.74, 6) is -1.66. The van der Waals surface area contributed by atoms with Gasteiger partial charge in [0.2, 0.25) is 5.88 Å². The van der Waals surface area contributed by atoms with Crippen molar-refractivity contribution in [3.8, 4) is 17.4 Å². The number of rotatable bonds is 6. The second-order valence-corrected chi connectivity index (χ2v) is 8.51. The van der Waals surface area contributed by atoms with Gasteiger partial charge in [-0.2, -0.15) is 0 Å². The van der Waals surface area contributed by atoms with Crippen LogP contribution >= 0.6 is 0 Å². The Morgan fingerprint density at radius 2 is 1.51 bits per heavy atom. The van der Waals surface area contributed by atoms with Crippen LogP contribution in [0.25, 0.3) is 0 Å². The average molecular weight is 481 g/mol. The molecule has 182 valence electrons. The van der Waals surface area contributed by atoms with E-state index in [0.717, 1.165) is 12.3 Å². The number of phenols is 1. The molecular formula is C26H25F2N3O4. The quantitative estimate of drug-likeness (QED) is 0.476. The molecule has 0 aliphatic heterocycles. The van der Waals surface area contributed by atoms with Crippen molar-refractivity contribution in [1.82, 2.24) is 15.6 Å². The van der Waals surface area contributed by atoms with Crippen LogP contribution in [0, 0.1) is 18.6 Å². The molecule has 2 amide bonds. The molecule has 9 heteroatoms. The summed E-state index contributed by atoms with van der Waals surface area (Å²) < 4.78 is 32.6. The van der Waals surface area contributed by atoms with Gasteiger partial charge in [-0.05, 0) is 75.1 Å². The third kappa shape index (κ3) is 5.92. The van der Waals surface area contributed by atoms with E-state index in [-0.39, 0.29) is 40.9 Å². The fourth-order valence-electron chi connectivity index (χ4n) is 4.06. The summed E-state index contributed by atoms with van der Waals surface area (Å²) in [5, 5.41) is 15.7. The van der Waals surface area contributed by atoms with Gasteiger partial charge in [-0.25, -0.2) is 13.8 Å². The number of ether oxygens (including phenoxy) is 1. The maximum atomic E-state index is 13.8. The van der Waals surface area contributed by atoms with Crippen molar-refractivity contribution in [2.45, 2.75) is 44.7 Å². The lowest BCUT2D eigenvalue weighted by molar-refractivity contribution is 0.0889. The number of nitrogens with zero attached hydrogens (tertiary/aromatic N) is 1. The summed E-state index contributed by atoms with van der Waals surface area (Å²) in [4.78, 5) is 29.4. The number of halogens is 2. The van der Waals surface area contributed by atoms with Crippen LogP contribution in [0.4, 0.5) is 8.78 Å². The number of hydrogen-bond donors (Lipinski definition) is 3. The van der Waals surface area contributed by atoms with E-state index in [2.05, 4.69) is 15.6 Å². The van der Waals surface area contributed by atoms with Crippen LogP contribution in [0.1, 0.15) is 52.0 Å². The molecule has 0 saturated heterocycles. The van der Waals surface area contributed by atoms with Gasteiger partial charge in [-0.3, -0.25) is 9.59 Å².